The highest BCUT2D eigenvalue weighted by molar-refractivity contribution is 7.16. The van der Waals surface area contributed by atoms with Gasteiger partial charge in [0.15, 0.2) is 4.80 Å². The van der Waals surface area contributed by atoms with E-state index < -0.39 is 11.7 Å². The topological polar surface area (TPSA) is 34.4 Å². The second kappa shape index (κ2) is 6.89. The maximum absolute atomic E-state index is 13.8. The van der Waals surface area contributed by atoms with Gasteiger partial charge in [-0.1, -0.05) is 52.7 Å². The Morgan fingerprint density at radius 2 is 2.04 bits per heavy atom. The van der Waals surface area contributed by atoms with Crippen LogP contribution >= 0.6 is 34.5 Å². The van der Waals surface area contributed by atoms with Gasteiger partial charge in [-0.05, 0) is 24.3 Å². The van der Waals surface area contributed by atoms with Crippen molar-refractivity contribution in [1.29, 1.82) is 0 Å². The molecule has 1 heterocycles. The lowest BCUT2D eigenvalue weighted by molar-refractivity contribution is 0.0994. The second-order valence-corrected chi connectivity index (χ2v) is 6.68. The van der Waals surface area contributed by atoms with Crippen LogP contribution in [0.1, 0.15) is 10.4 Å². The number of carbonyl (C=O) groups is 1. The van der Waals surface area contributed by atoms with Gasteiger partial charge in [-0.25, -0.2) is 4.39 Å². The number of aromatic nitrogens is 1. The molecule has 0 atom stereocenters. The van der Waals surface area contributed by atoms with E-state index in [1.807, 2.05) is 0 Å². The van der Waals surface area contributed by atoms with Crippen LogP contribution in [0.3, 0.4) is 0 Å². The number of amides is 1. The monoisotopic (exact) mass is 380 g/mol. The molecule has 3 nitrogen and oxygen atoms in total. The minimum absolute atomic E-state index is 0.0794. The Hall–Kier alpha value is -1.95. The van der Waals surface area contributed by atoms with Crippen LogP contribution in [0.2, 0.25) is 10.0 Å². The Labute approximate surface area is 151 Å². The van der Waals surface area contributed by atoms with E-state index >= 15 is 0 Å². The van der Waals surface area contributed by atoms with Crippen molar-refractivity contribution in [2.45, 2.75) is 6.54 Å². The zero-order valence-electron chi connectivity index (χ0n) is 12.3. The van der Waals surface area contributed by atoms with Crippen molar-refractivity contribution >= 4 is 50.7 Å². The first-order chi connectivity index (χ1) is 11.5. The SMILES string of the molecule is C=CCn1c(=NC(=O)c2ccccc2F)sc2ccc(Cl)c(Cl)c21. The van der Waals surface area contributed by atoms with Crippen molar-refractivity contribution in [2.75, 3.05) is 0 Å². The van der Waals surface area contributed by atoms with E-state index in [0.717, 1.165) is 4.70 Å². The van der Waals surface area contributed by atoms with Crippen LogP contribution in [0.15, 0.2) is 54.0 Å². The van der Waals surface area contributed by atoms with Crippen LogP contribution in [0.25, 0.3) is 10.2 Å². The minimum atomic E-state index is -0.653. The Bertz CT molecular complexity index is 1020. The lowest BCUT2D eigenvalue weighted by atomic mass is 10.2. The average molecular weight is 381 g/mol. The summed E-state index contributed by atoms with van der Waals surface area (Å²) >= 11 is 13.6. The molecule has 0 aliphatic rings. The largest absolute Gasteiger partial charge is 0.311 e. The zero-order chi connectivity index (χ0) is 17.3. The third-order valence-corrected chi connectivity index (χ3v) is 5.19. The predicted octanol–water partition coefficient (Wildman–Crippen LogP) is 5.08. The Morgan fingerprint density at radius 1 is 1.29 bits per heavy atom. The standard InChI is InChI=1S/C17H11Cl2FN2OS/c1-2-9-22-15-13(8-7-11(18)14(15)19)24-17(22)21-16(23)10-5-3-4-6-12(10)20/h2-8H,1,9H2. The third kappa shape index (κ3) is 3.02. The number of carbonyl (C=O) groups excluding carboxylic acids is 1. The molecule has 0 aliphatic carbocycles. The molecule has 0 fully saturated rings. The van der Waals surface area contributed by atoms with Gasteiger partial charge < -0.3 is 4.57 Å². The first-order valence-electron chi connectivity index (χ1n) is 6.94. The molecule has 2 aromatic carbocycles. The summed E-state index contributed by atoms with van der Waals surface area (Å²) in [5, 5.41) is 0.791. The molecule has 0 N–H and O–H groups in total. The maximum atomic E-state index is 13.8. The van der Waals surface area contributed by atoms with E-state index in [1.165, 1.54) is 29.5 Å². The molecule has 7 heteroatoms. The van der Waals surface area contributed by atoms with Gasteiger partial charge in [-0.15, -0.1) is 6.58 Å². The van der Waals surface area contributed by atoms with Gasteiger partial charge in [0.2, 0.25) is 0 Å². The molecule has 0 unspecified atom stereocenters. The number of hydrogen-bond donors (Lipinski definition) is 0. The fraction of sp³-hybridized carbons (Fsp3) is 0.0588. The maximum Gasteiger partial charge on any atom is 0.282 e. The van der Waals surface area contributed by atoms with Gasteiger partial charge in [-0.2, -0.15) is 4.99 Å². The summed E-state index contributed by atoms with van der Waals surface area (Å²) < 4.78 is 16.3. The number of hydrogen-bond acceptors (Lipinski definition) is 2. The molecule has 1 aromatic heterocycles. The van der Waals surface area contributed by atoms with Crippen molar-refractivity contribution < 1.29 is 9.18 Å². The molecule has 122 valence electrons. The minimum Gasteiger partial charge on any atom is -0.311 e. The molecule has 0 saturated heterocycles. The smallest absolute Gasteiger partial charge is 0.282 e. The first-order valence-corrected chi connectivity index (χ1v) is 8.52. The van der Waals surface area contributed by atoms with Crippen LogP contribution in [-0.2, 0) is 6.54 Å². The van der Waals surface area contributed by atoms with Crippen LogP contribution in [0.5, 0.6) is 0 Å². The normalized spacial score (nSPS) is 11.9. The molecule has 0 bridgehead atoms. The summed E-state index contributed by atoms with van der Waals surface area (Å²) in [6, 6.07) is 9.22. The lowest BCUT2D eigenvalue weighted by Crippen LogP contribution is -2.16. The molecular formula is C17H11Cl2FN2OS. The highest BCUT2D eigenvalue weighted by atomic mass is 35.5. The van der Waals surface area contributed by atoms with Gasteiger partial charge in [0.05, 0.1) is 25.8 Å². The van der Waals surface area contributed by atoms with E-state index in [4.69, 9.17) is 23.2 Å². The van der Waals surface area contributed by atoms with Crippen molar-refractivity contribution in [2.24, 2.45) is 4.99 Å². The number of thiazole rings is 1. The van der Waals surface area contributed by atoms with Crippen LogP contribution in [0.4, 0.5) is 4.39 Å². The quantitative estimate of drug-likeness (QED) is 0.583. The summed E-state index contributed by atoms with van der Waals surface area (Å²) in [6.07, 6.45) is 1.66. The first kappa shape index (κ1) is 16.9. The summed E-state index contributed by atoms with van der Waals surface area (Å²) in [5.41, 5.74) is 0.596. The Balaban J connectivity index is 2.24. The number of halogens is 3. The van der Waals surface area contributed by atoms with Crippen molar-refractivity contribution in [3.05, 3.63) is 75.3 Å². The average Bonchev–Trinajstić information content (AvgIpc) is 2.90. The predicted molar refractivity (Wildman–Crippen MR) is 96.3 cm³/mol. The third-order valence-electron chi connectivity index (χ3n) is 3.35. The Kier molecular flexibility index (Phi) is 4.85. The van der Waals surface area contributed by atoms with E-state index in [2.05, 4.69) is 11.6 Å². The van der Waals surface area contributed by atoms with Crippen LogP contribution < -0.4 is 4.80 Å². The fourth-order valence-corrected chi connectivity index (χ4v) is 3.79. The molecule has 3 aromatic rings. The van der Waals surface area contributed by atoms with Crippen molar-refractivity contribution in [3.63, 3.8) is 0 Å². The van der Waals surface area contributed by atoms with Crippen LogP contribution in [-0.4, -0.2) is 10.5 Å². The Morgan fingerprint density at radius 3 is 2.75 bits per heavy atom. The van der Waals surface area contributed by atoms with Crippen molar-refractivity contribution in [1.82, 2.24) is 4.57 Å². The second-order valence-electron chi connectivity index (χ2n) is 4.89. The molecule has 1 amide bonds. The molecule has 0 spiro atoms. The number of benzene rings is 2. The van der Waals surface area contributed by atoms with Crippen molar-refractivity contribution in [3.8, 4) is 0 Å². The highest BCUT2D eigenvalue weighted by Crippen LogP contribution is 2.32. The van der Waals surface area contributed by atoms with E-state index in [0.29, 0.717) is 26.9 Å². The molecule has 0 radical (unpaired) electrons. The van der Waals surface area contributed by atoms with Crippen LogP contribution in [0, 0.1) is 5.82 Å². The summed E-state index contributed by atoms with van der Waals surface area (Å²) in [4.78, 5) is 16.8. The fourth-order valence-electron chi connectivity index (χ4n) is 2.27. The van der Waals surface area contributed by atoms with Gasteiger partial charge in [0.25, 0.3) is 5.91 Å². The highest BCUT2D eigenvalue weighted by Gasteiger charge is 2.14. The van der Waals surface area contributed by atoms with Gasteiger partial charge in [-0.3, -0.25) is 4.79 Å². The summed E-state index contributed by atoms with van der Waals surface area (Å²) in [7, 11) is 0. The zero-order valence-corrected chi connectivity index (χ0v) is 14.6. The number of rotatable bonds is 3. The number of nitrogens with zero attached hydrogens (tertiary/aromatic N) is 2. The van der Waals surface area contributed by atoms with E-state index in [1.54, 1.807) is 28.8 Å². The molecule has 3 rings (SSSR count). The van der Waals surface area contributed by atoms with E-state index in [-0.39, 0.29) is 5.56 Å². The summed E-state index contributed by atoms with van der Waals surface area (Å²) in [5.74, 6) is -1.26. The molecule has 0 saturated carbocycles. The number of allylic oxidation sites excluding steroid dienone is 1. The summed E-state index contributed by atoms with van der Waals surface area (Å²) in [6.45, 7) is 4.10. The number of fused-ring (bicyclic) bond motifs is 1. The van der Waals surface area contributed by atoms with Gasteiger partial charge in [0, 0.05) is 6.54 Å². The lowest BCUT2D eigenvalue weighted by Gasteiger charge is -2.04. The van der Waals surface area contributed by atoms with E-state index in [9.17, 15) is 9.18 Å². The van der Waals surface area contributed by atoms with Gasteiger partial charge >= 0.3 is 0 Å². The van der Waals surface area contributed by atoms with Gasteiger partial charge in [0.1, 0.15) is 5.82 Å². The molecular weight excluding hydrogens is 370 g/mol. The molecule has 24 heavy (non-hydrogen) atoms. The molecule has 0 aliphatic heterocycles.